The summed E-state index contributed by atoms with van der Waals surface area (Å²) in [5.41, 5.74) is 0. The average molecular weight is 328 g/mol. The molecule has 0 saturated carbocycles. The third-order valence-electron chi connectivity index (χ3n) is 2.19. The maximum Gasteiger partial charge on any atom is 0.481 e. The zero-order chi connectivity index (χ0) is 16.3. The quantitative estimate of drug-likeness (QED) is 0.377. The molecule has 0 aliphatic rings. The van der Waals surface area contributed by atoms with E-state index in [9.17, 15) is 4.57 Å². The molecule has 0 radical (unpaired) electrons. The van der Waals surface area contributed by atoms with Gasteiger partial charge in [-0.15, -0.1) is 0 Å². The molecule has 8 heteroatoms. The lowest BCUT2D eigenvalue weighted by molar-refractivity contribution is -0.145. The molecule has 0 aromatic carbocycles. The van der Waals surface area contributed by atoms with E-state index < -0.39 is 26.7 Å². The number of ether oxygens (including phenoxy) is 3. The SMILES string of the molecule is CCCOC(C)OP(=O)(OC(C)OCC)OC(C)OCC. The Hall–Kier alpha value is -0.0100. The summed E-state index contributed by atoms with van der Waals surface area (Å²) < 4.78 is 44.2. The van der Waals surface area contributed by atoms with Gasteiger partial charge >= 0.3 is 7.82 Å². The Morgan fingerprint density at radius 2 is 1.14 bits per heavy atom. The van der Waals surface area contributed by atoms with Gasteiger partial charge in [0.1, 0.15) is 0 Å². The van der Waals surface area contributed by atoms with Crippen molar-refractivity contribution in [2.24, 2.45) is 0 Å². The van der Waals surface area contributed by atoms with Crippen molar-refractivity contribution in [3.05, 3.63) is 0 Å². The highest BCUT2D eigenvalue weighted by molar-refractivity contribution is 7.48. The molecule has 128 valence electrons. The zero-order valence-electron chi connectivity index (χ0n) is 13.9. The number of rotatable bonds is 13. The highest BCUT2D eigenvalue weighted by Crippen LogP contribution is 2.53. The first-order valence-corrected chi connectivity index (χ1v) is 8.82. The normalized spacial score (nSPS) is 19.0. The number of hydrogen-bond acceptors (Lipinski definition) is 7. The number of hydrogen-bond donors (Lipinski definition) is 0. The van der Waals surface area contributed by atoms with Crippen molar-refractivity contribution in [1.29, 1.82) is 0 Å². The maximum atomic E-state index is 12.7. The summed E-state index contributed by atoms with van der Waals surface area (Å²) in [5.74, 6) is 0. The van der Waals surface area contributed by atoms with E-state index in [1.807, 2.05) is 20.8 Å². The zero-order valence-corrected chi connectivity index (χ0v) is 14.8. The van der Waals surface area contributed by atoms with Crippen LogP contribution in [0.3, 0.4) is 0 Å². The molecular formula is C13H29O7P. The Balaban J connectivity index is 4.68. The van der Waals surface area contributed by atoms with Crippen LogP contribution in [0.2, 0.25) is 0 Å². The monoisotopic (exact) mass is 328 g/mol. The Labute approximate surface area is 127 Å². The van der Waals surface area contributed by atoms with Gasteiger partial charge in [0.05, 0.1) is 0 Å². The van der Waals surface area contributed by atoms with Crippen molar-refractivity contribution in [1.82, 2.24) is 0 Å². The first kappa shape index (κ1) is 21.0. The van der Waals surface area contributed by atoms with E-state index in [1.165, 1.54) is 0 Å². The van der Waals surface area contributed by atoms with Crippen LogP contribution in [0, 0.1) is 0 Å². The summed E-state index contributed by atoms with van der Waals surface area (Å²) in [7, 11) is -3.86. The molecule has 0 amide bonds. The van der Waals surface area contributed by atoms with E-state index in [2.05, 4.69) is 0 Å². The van der Waals surface area contributed by atoms with E-state index >= 15 is 0 Å². The van der Waals surface area contributed by atoms with Crippen molar-refractivity contribution in [3.63, 3.8) is 0 Å². The summed E-state index contributed by atoms with van der Waals surface area (Å²) in [4.78, 5) is 0. The van der Waals surface area contributed by atoms with Crippen LogP contribution in [0.4, 0.5) is 0 Å². The van der Waals surface area contributed by atoms with Gasteiger partial charge in [0.15, 0.2) is 18.9 Å². The molecule has 0 saturated heterocycles. The Morgan fingerprint density at radius 1 is 0.762 bits per heavy atom. The Kier molecular flexibility index (Phi) is 11.5. The fourth-order valence-corrected chi connectivity index (χ4v) is 2.89. The van der Waals surface area contributed by atoms with E-state index in [4.69, 9.17) is 27.8 Å². The maximum absolute atomic E-state index is 12.7. The lowest BCUT2D eigenvalue weighted by atomic mass is 10.5. The van der Waals surface area contributed by atoms with Crippen LogP contribution in [-0.2, 0) is 32.3 Å². The Morgan fingerprint density at radius 3 is 1.48 bits per heavy atom. The van der Waals surface area contributed by atoms with E-state index in [0.717, 1.165) is 6.42 Å². The summed E-state index contributed by atoms with van der Waals surface area (Å²) >= 11 is 0. The second-order valence-electron chi connectivity index (χ2n) is 4.25. The van der Waals surface area contributed by atoms with Crippen molar-refractivity contribution >= 4 is 7.82 Å². The van der Waals surface area contributed by atoms with E-state index in [0.29, 0.717) is 19.8 Å². The van der Waals surface area contributed by atoms with Gasteiger partial charge < -0.3 is 14.2 Å². The summed E-state index contributed by atoms with van der Waals surface area (Å²) in [6, 6.07) is 0. The minimum Gasteiger partial charge on any atom is -0.353 e. The van der Waals surface area contributed by atoms with Crippen LogP contribution in [-0.4, -0.2) is 38.7 Å². The predicted molar refractivity (Wildman–Crippen MR) is 78.7 cm³/mol. The number of phosphoric acid groups is 1. The standard InChI is InChI=1S/C13H29O7P/c1-7-10-17-13(6)20-21(14,18-11(4)15-8-2)19-12(5)16-9-3/h11-13H,7-10H2,1-6H3. The first-order chi connectivity index (χ1) is 9.86. The highest BCUT2D eigenvalue weighted by Gasteiger charge is 2.34. The van der Waals surface area contributed by atoms with Crippen LogP contribution in [0.5, 0.6) is 0 Å². The molecule has 0 heterocycles. The minimum atomic E-state index is -3.86. The lowest BCUT2D eigenvalue weighted by Crippen LogP contribution is -2.21. The smallest absolute Gasteiger partial charge is 0.353 e. The van der Waals surface area contributed by atoms with Gasteiger partial charge in [0.25, 0.3) is 0 Å². The van der Waals surface area contributed by atoms with E-state index in [1.54, 1.807) is 20.8 Å². The molecule has 21 heavy (non-hydrogen) atoms. The second-order valence-corrected chi connectivity index (χ2v) is 5.77. The lowest BCUT2D eigenvalue weighted by Gasteiger charge is -2.26. The van der Waals surface area contributed by atoms with Gasteiger partial charge in [0, 0.05) is 19.8 Å². The third-order valence-corrected chi connectivity index (χ3v) is 3.86. The van der Waals surface area contributed by atoms with Gasteiger partial charge in [-0.1, -0.05) is 6.92 Å². The summed E-state index contributed by atoms with van der Waals surface area (Å²) in [5, 5.41) is 0. The van der Waals surface area contributed by atoms with Gasteiger partial charge in [-0.25, -0.2) is 4.57 Å². The molecule has 0 bridgehead atoms. The molecule has 0 N–H and O–H groups in total. The minimum absolute atomic E-state index is 0.421. The first-order valence-electron chi connectivity index (χ1n) is 7.36. The Bertz CT molecular complexity index is 282. The van der Waals surface area contributed by atoms with Crippen molar-refractivity contribution in [2.45, 2.75) is 66.8 Å². The average Bonchev–Trinajstić information content (AvgIpc) is 2.35. The van der Waals surface area contributed by atoms with Gasteiger partial charge in [-0.05, 0) is 41.0 Å². The molecule has 0 rings (SSSR count). The third kappa shape index (κ3) is 10.4. The van der Waals surface area contributed by atoms with Gasteiger partial charge in [-0.2, -0.15) is 0 Å². The van der Waals surface area contributed by atoms with Crippen LogP contribution in [0.1, 0.15) is 48.0 Å². The number of phosphoric ester groups is 1. The fourth-order valence-electron chi connectivity index (χ4n) is 1.46. The molecule has 0 aromatic rings. The molecule has 3 unspecified atom stereocenters. The molecule has 0 aromatic heterocycles. The fraction of sp³-hybridized carbons (Fsp3) is 1.00. The molecule has 0 aliphatic carbocycles. The topological polar surface area (TPSA) is 72.5 Å². The summed E-state index contributed by atoms with van der Waals surface area (Å²) in [6.45, 7) is 11.8. The second kappa shape index (κ2) is 11.5. The van der Waals surface area contributed by atoms with Gasteiger partial charge in [0.2, 0.25) is 0 Å². The van der Waals surface area contributed by atoms with Crippen LogP contribution >= 0.6 is 7.82 Å². The molecule has 3 atom stereocenters. The van der Waals surface area contributed by atoms with Crippen molar-refractivity contribution in [3.8, 4) is 0 Å². The van der Waals surface area contributed by atoms with Crippen molar-refractivity contribution < 1.29 is 32.3 Å². The summed E-state index contributed by atoms with van der Waals surface area (Å²) in [6.07, 6.45) is -1.36. The van der Waals surface area contributed by atoms with Crippen LogP contribution < -0.4 is 0 Å². The molecular weight excluding hydrogens is 299 g/mol. The molecule has 0 aliphatic heterocycles. The largest absolute Gasteiger partial charge is 0.481 e. The molecule has 0 spiro atoms. The van der Waals surface area contributed by atoms with Crippen LogP contribution in [0.15, 0.2) is 0 Å². The molecule has 0 fully saturated rings. The molecule has 7 nitrogen and oxygen atoms in total. The van der Waals surface area contributed by atoms with Crippen LogP contribution in [0.25, 0.3) is 0 Å². The van der Waals surface area contributed by atoms with Crippen molar-refractivity contribution in [2.75, 3.05) is 19.8 Å². The van der Waals surface area contributed by atoms with Gasteiger partial charge in [-0.3, -0.25) is 13.6 Å². The predicted octanol–water partition coefficient (Wildman–Crippen LogP) is 3.68. The highest BCUT2D eigenvalue weighted by atomic mass is 31.2. The van der Waals surface area contributed by atoms with E-state index in [-0.39, 0.29) is 0 Å².